The maximum Gasteiger partial charge on any atom is 0.335 e. The number of carbonyl (C=O) groups is 1. The highest BCUT2D eigenvalue weighted by atomic mass is 79.9. The van der Waals surface area contributed by atoms with Crippen molar-refractivity contribution in [3.05, 3.63) is 28.2 Å². The molecule has 0 aliphatic heterocycles. The molecule has 1 aliphatic rings. The minimum absolute atomic E-state index is 0.104. The van der Waals surface area contributed by atoms with Gasteiger partial charge in [0.15, 0.2) is 0 Å². The maximum atomic E-state index is 11.8. The monoisotopic (exact) mass is 333 g/mol. The van der Waals surface area contributed by atoms with Gasteiger partial charge in [-0.1, -0.05) is 0 Å². The van der Waals surface area contributed by atoms with Gasteiger partial charge >= 0.3 is 5.97 Å². The molecule has 1 aliphatic carbocycles. The Morgan fingerprint density at radius 1 is 1.44 bits per heavy atom. The molecule has 0 atom stereocenters. The van der Waals surface area contributed by atoms with Crippen LogP contribution < -0.4 is 4.72 Å². The van der Waals surface area contributed by atoms with Crippen LogP contribution in [0.1, 0.15) is 23.2 Å². The van der Waals surface area contributed by atoms with Crippen LogP contribution in [-0.2, 0) is 10.0 Å². The summed E-state index contributed by atoms with van der Waals surface area (Å²) < 4.78 is 26.4. The Kier molecular flexibility index (Phi) is 3.63. The fourth-order valence-corrected chi connectivity index (χ4v) is 3.69. The van der Waals surface area contributed by atoms with Crippen molar-refractivity contribution in [2.24, 2.45) is 5.92 Å². The molecule has 0 unspecified atom stereocenters. The topological polar surface area (TPSA) is 83.5 Å². The molecule has 0 saturated heterocycles. The Balaban J connectivity index is 2.16. The van der Waals surface area contributed by atoms with E-state index in [0.29, 0.717) is 10.2 Å². The molecule has 1 aromatic carbocycles. The standard InChI is InChI=1S/C11H12BrNO4S/c12-9-5-8(11(14)15)3-4-10(9)13-18(16,17)6-7-1-2-7/h3-5,7,13H,1-2,6H2,(H,14,15). The van der Waals surface area contributed by atoms with E-state index in [1.807, 2.05) is 0 Å². The first kappa shape index (κ1) is 13.4. The number of hydrogen-bond acceptors (Lipinski definition) is 3. The summed E-state index contributed by atoms with van der Waals surface area (Å²) in [5, 5.41) is 8.80. The number of rotatable bonds is 5. The molecule has 7 heteroatoms. The number of anilines is 1. The number of hydrogen-bond donors (Lipinski definition) is 2. The van der Waals surface area contributed by atoms with Gasteiger partial charge in [-0.05, 0) is 52.9 Å². The lowest BCUT2D eigenvalue weighted by atomic mass is 10.2. The fraction of sp³-hybridized carbons (Fsp3) is 0.364. The van der Waals surface area contributed by atoms with Crippen molar-refractivity contribution in [1.29, 1.82) is 0 Å². The summed E-state index contributed by atoms with van der Waals surface area (Å²) in [7, 11) is -3.35. The number of benzene rings is 1. The predicted molar refractivity (Wildman–Crippen MR) is 71.2 cm³/mol. The summed E-state index contributed by atoms with van der Waals surface area (Å²) in [6.07, 6.45) is 1.92. The van der Waals surface area contributed by atoms with E-state index in [1.165, 1.54) is 18.2 Å². The van der Waals surface area contributed by atoms with E-state index in [1.54, 1.807) is 0 Å². The SMILES string of the molecule is O=C(O)c1ccc(NS(=O)(=O)CC2CC2)c(Br)c1. The summed E-state index contributed by atoms with van der Waals surface area (Å²) in [6, 6.07) is 4.18. The largest absolute Gasteiger partial charge is 0.478 e. The van der Waals surface area contributed by atoms with Crippen molar-refractivity contribution >= 4 is 37.6 Å². The summed E-state index contributed by atoms with van der Waals surface area (Å²) >= 11 is 3.16. The molecule has 2 rings (SSSR count). The van der Waals surface area contributed by atoms with E-state index in [9.17, 15) is 13.2 Å². The molecule has 5 nitrogen and oxygen atoms in total. The molecule has 98 valence electrons. The summed E-state index contributed by atoms with van der Waals surface area (Å²) in [5.74, 6) is -0.664. The van der Waals surface area contributed by atoms with E-state index in [4.69, 9.17) is 5.11 Å². The Labute approximate surface area is 113 Å². The van der Waals surface area contributed by atoms with E-state index >= 15 is 0 Å². The lowest BCUT2D eigenvalue weighted by Crippen LogP contribution is -2.18. The third kappa shape index (κ3) is 3.46. The van der Waals surface area contributed by atoms with Gasteiger partial charge < -0.3 is 5.11 Å². The molecule has 0 spiro atoms. The molecule has 18 heavy (non-hydrogen) atoms. The van der Waals surface area contributed by atoms with E-state index < -0.39 is 16.0 Å². The lowest BCUT2D eigenvalue weighted by Gasteiger charge is -2.09. The molecular formula is C11H12BrNO4S. The number of halogens is 1. The quantitative estimate of drug-likeness (QED) is 0.865. The third-order valence-corrected chi connectivity index (χ3v) is 4.73. The van der Waals surface area contributed by atoms with Crippen molar-refractivity contribution in [3.63, 3.8) is 0 Å². The minimum Gasteiger partial charge on any atom is -0.478 e. The summed E-state index contributed by atoms with van der Waals surface area (Å²) in [6.45, 7) is 0. The van der Waals surface area contributed by atoms with Crippen LogP contribution in [0, 0.1) is 5.92 Å². The summed E-state index contributed by atoms with van der Waals surface area (Å²) in [5.41, 5.74) is 0.465. The smallest absolute Gasteiger partial charge is 0.335 e. The van der Waals surface area contributed by atoms with Crippen molar-refractivity contribution in [3.8, 4) is 0 Å². The Morgan fingerprint density at radius 3 is 2.61 bits per heavy atom. The Hall–Kier alpha value is -1.08. The summed E-state index contributed by atoms with van der Waals surface area (Å²) in [4.78, 5) is 10.7. The van der Waals surface area contributed by atoms with Crippen molar-refractivity contribution in [1.82, 2.24) is 0 Å². The van der Waals surface area contributed by atoms with Gasteiger partial charge in [-0.25, -0.2) is 13.2 Å². The molecule has 0 aromatic heterocycles. The van der Waals surface area contributed by atoms with Crippen LogP contribution in [0.5, 0.6) is 0 Å². The third-order valence-electron chi connectivity index (χ3n) is 2.63. The average Bonchev–Trinajstić information content (AvgIpc) is 3.03. The number of carboxylic acid groups (broad SMARTS) is 1. The molecule has 1 aromatic rings. The zero-order valence-corrected chi connectivity index (χ0v) is 11.8. The van der Waals surface area contributed by atoms with Gasteiger partial charge in [-0.2, -0.15) is 0 Å². The normalized spacial score (nSPS) is 15.4. The second-order valence-electron chi connectivity index (χ2n) is 4.33. The number of sulfonamides is 1. The highest BCUT2D eigenvalue weighted by Crippen LogP contribution is 2.31. The second-order valence-corrected chi connectivity index (χ2v) is 6.95. The molecule has 0 bridgehead atoms. The van der Waals surface area contributed by atoms with Crippen LogP contribution in [0.25, 0.3) is 0 Å². The molecular weight excluding hydrogens is 322 g/mol. The molecule has 0 amide bonds. The lowest BCUT2D eigenvalue weighted by molar-refractivity contribution is 0.0697. The Bertz CT molecular complexity index is 581. The van der Waals surface area contributed by atoms with Crippen LogP contribution in [0.3, 0.4) is 0 Å². The average molecular weight is 334 g/mol. The first-order valence-electron chi connectivity index (χ1n) is 5.41. The molecule has 1 saturated carbocycles. The van der Waals surface area contributed by atoms with Crippen LogP contribution in [-0.4, -0.2) is 25.2 Å². The highest BCUT2D eigenvalue weighted by molar-refractivity contribution is 9.10. The number of nitrogens with one attached hydrogen (secondary N) is 1. The molecule has 0 radical (unpaired) electrons. The first-order valence-corrected chi connectivity index (χ1v) is 7.85. The van der Waals surface area contributed by atoms with Crippen molar-refractivity contribution < 1.29 is 18.3 Å². The highest BCUT2D eigenvalue weighted by Gasteiger charge is 2.28. The van der Waals surface area contributed by atoms with Gasteiger partial charge in [0.25, 0.3) is 0 Å². The zero-order chi connectivity index (χ0) is 13.3. The van der Waals surface area contributed by atoms with Gasteiger partial charge in [0.2, 0.25) is 10.0 Å². The van der Waals surface area contributed by atoms with Crippen LogP contribution in [0.15, 0.2) is 22.7 Å². The first-order chi connectivity index (χ1) is 8.37. The van der Waals surface area contributed by atoms with Gasteiger partial charge in [-0.15, -0.1) is 0 Å². The van der Waals surface area contributed by atoms with Crippen LogP contribution in [0.2, 0.25) is 0 Å². The molecule has 0 heterocycles. The van der Waals surface area contributed by atoms with Gasteiger partial charge in [0.05, 0.1) is 17.0 Å². The number of carboxylic acids is 1. The van der Waals surface area contributed by atoms with Gasteiger partial charge in [0.1, 0.15) is 0 Å². The van der Waals surface area contributed by atoms with E-state index in [-0.39, 0.29) is 17.2 Å². The zero-order valence-electron chi connectivity index (χ0n) is 9.39. The van der Waals surface area contributed by atoms with Crippen LogP contribution in [0.4, 0.5) is 5.69 Å². The van der Waals surface area contributed by atoms with Crippen molar-refractivity contribution in [2.75, 3.05) is 10.5 Å². The van der Waals surface area contributed by atoms with E-state index in [0.717, 1.165) is 12.8 Å². The minimum atomic E-state index is -3.35. The van der Waals surface area contributed by atoms with Crippen molar-refractivity contribution in [2.45, 2.75) is 12.8 Å². The fourth-order valence-electron chi connectivity index (χ4n) is 1.53. The van der Waals surface area contributed by atoms with Gasteiger partial charge in [-0.3, -0.25) is 4.72 Å². The van der Waals surface area contributed by atoms with Crippen LogP contribution >= 0.6 is 15.9 Å². The Morgan fingerprint density at radius 2 is 2.11 bits per heavy atom. The molecule has 2 N–H and O–H groups in total. The number of aromatic carboxylic acids is 1. The maximum absolute atomic E-state index is 11.8. The van der Waals surface area contributed by atoms with Gasteiger partial charge in [0, 0.05) is 4.47 Å². The second kappa shape index (κ2) is 4.89. The predicted octanol–water partition coefficient (Wildman–Crippen LogP) is 2.30. The molecule has 1 fully saturated rings. The van der Waals surface area contributed by atoms with E-state index in [2.05, 4.69) is 20.7 Å².